The van der Waals surface area contributed by atoms with Crippen LogP contribution in [0.3, 0.4) is 0 Å². The predicted octanol–water partition coefficient (Wildman–Crippen LogP) is 9.56. The van der Waals surface area contributed by atoms with E-state index >= 15 is 0 Å². The van der Waals surface area contributed by atoms with Crippen molar-refractivity contribution in [1.82, 2.24) is 0 Å². The van der Waals surface area contributed by atoms with Crippen molar-refractivity contribution in [3.8, 4) is 0 Å². The molecule has 0 amide bonds. The fraction of sp³-hybridized carbons (Fsp3) is 0.769. The molecule has 0 N–H and O–H groups in total. The van der Waals surface area contributed by atoms with Crippen LogP contribution in [0.4, 0.5) is 0 Å². The lowest BCUT2D eigenvalue weighted by molar-refractivity contribution is 0.525. The Kier molecular flexibility index (Phi) is 17.2. The van der Waals surface area contributed by atoms with Crippen molar-refractivity contribution >= 4 is 12.6 Å². The topological polar surface area (TPSA) is 0 Å². The zero-order valence-electron chi connectivity index (χ0n) is 18.2. The highest BCUT2D eigenvalue weighted by molar-refractivity contribution is 7.80. The van der Waals surface area contributed by atoms with Crippen LogP contribution in [0.15, 0.2) is 29.2 Å². The summed E-state index contributed by atoms with van der Waals surface area (Å²) in [6, 6.07) is 8.64. The molecular formula is C26H46S. The molecule has 0 bridgehead atoms. The van der Waals surface area contributed by atoms with E-state index in [2.05, 4.69) is 43.8 Å². The molecular weight excluding hydrogens is 344 g/mol. The Morgan fingerprint density at radius 3 is 1.19 bits per heavy atom. The number of aryl methyl sites for hydroxylation is 1. The Morgan fingerprint density at radius 1 is 0.481 bits per heavy atom. The normalized spacial score (nSPS) is 11.2. The maximum atomic E-state index is 4.34. The number of hydrogen-bond donors (Lipinski definition) is 1. The molecule has 0 atom stereocenters. The largest absolute Gasteiger partial charge is 0.143 e. The van der Waals surface area contributed by atoms with Crippen LogP contribution in [0.5, 0.6) is 0 Å². The van der Waals surface area contributed by atoms with Gasteiger partial charge in [0.15, 0.2) is 0 Å². The Hall–Kier alpha value is -0.430. The maximum absolute atomic E-state index is 4.34. The van der Waals surface area contributed by atoms with Crippen molar-refractivity contribution < 1.29 is 0 Å². The molecule has 0 aromatic heterocycles. The fourth-order valence-electron chi connectivity index (χ4n) is 3.89. The minimum absolute atomic E-state index is 1.07. The van der Waals surface area contributed by atoms with E-state index < -0.39 is 0 Å². The summed E-state index contributed by atoms with van der Waals surface area (Å²) in [5.74, 6) is 0. The number of thiol groups is 1. The summed E-state index contributed by atoms with van der Waals surface area (Å²) < 4.78 is 0. The highest BCUT2D eigenvalue weighted by Crippen LogP contribution is 2.15. The Bertz CT molecular complexity index is 409. The first-order valence-electron chi connectivity index (χ1n) is 12.1. The van der Waals surface area contributed by atoms with Crippen LogP contribution in [0.25, 0.3) is 0 Å². The summed E-state index contributed by atoms with van der Waals surface area (Å²) >= 11 is 4.34. The van der Waals surface area contributed by atoms with Crippen LogP contribution >= 0.6 is 12.6 Å². The summed E-state index contributed by atoms with van der Waals surface area (Å²) in [7, 11) is 0. The molecule has 1 aromatic carbocycles. The second-order valence-electron chi connectivity index (χ2n) is 8.43. The van der Waals surface area contributed by atoms with Gasteiger partial charge in [-0.05, 0) is 30.5 Å². The number of benzene rings is 1. The number of hydrogen-bond acceptors (Lipinski definition) is 1. The molecule has 0 nitrogen and oxygen atoms in total. The summed E-state index contributed by atoms with van der Waals surface area (Å²) in [5.41, 5.74) is 1.46. The molecule has 0 unspecified atom stereocenters. The van der Waals surface area contributed by atoms with E-state index in [0.29, 0.717) is 0 Å². The smallest absolute Gasteiger partial charge is 0.00401 e. The van der Waals surface area contributed by atoms with E-state index in [0.717, 1.165) is 4.90 Å². The summed E-state index contributed by atoms with van der Waals surface area (Å²) in [6.45, 7) is 2.30. The molecule has 0 saturated carbocycles. The molecule has 1 rings (SSSR count). The molecule has 156 valence electrons. The minimum atomic E-state index is 1.07. The second-order valence-corrected chi connectivity index (χ2v) is 8.94. The van der Waals surface area contributed by atoms with Crippen molar-refractivity contribution in [2.45, 2.75) is 134 Å². The van der Waals surface area contributed by atoms with Crippen molar-refractivity contribution in [1.29, 1.82) is 0 Å². The van der Waals surface area contributed by atoms with Crippen LogP contribution in [0.2, 0.25) is 0 Å². The SMILES string of the molecule is CCCCCCCCCCCCCCCCCCCCc1ccc(S)cc1. The molecule has 27 heavy (non-hydrogen) atoms. The van der Waals surface area contributed by atoms with E-state index in [4.69, 9.17) is 0 Å². The van der Waals surface area contributed by atoms with Gasteiger partial charge in [-0.1, -0.05) is 128 Å². The van der Waals surface area contributed by atoms with Crippen molar-refractivity contribution in [3.63, 3.8) is 0 Å². The lowest BCUT2D eigenvalue weighted by Gasteiger charge is -2.04. The zero-order chi connectivity index (χ0) is 19.4. The van der Waals surface area contributed by atoms with Crippen molar-refractivity contribution in [2.24, 2.45) is 0 Å². The average Bonchev–Trinajstić information content (AvgIpc) is 2.68. The van der Waals surface area contributed by atoms with Crippen LogP contribution in [-0.4, -0.2) is 0 Å². The van der Waals surface area contributed by atoms with E-state index in [-0.39, 0.29) is 0 Å². The zero-order valence-corrected chi connectivity index (χ0v) is 19.1. The van der Waals surface area contributed by atoms with Gasteiger partial charge in [0, 0.05) is 4.90 Å². The summed E-state index contributed by atoms with van der Waals surface area (Å²) in [6.07, 6.45) is 27.2. The number of unbranched alkanes of at least 4 members (excludes halogenated alkanes) is 17. The van der Waals surface area contributed by atoms with Crippen LogP contribution in [0, 0.1) is 0 Å². The lowest BCUT2D eigenvalue weighted by atomic mass is 10.0. The quantitative estimate of drug-likeness (QED) is 0.176. The van der Waals surface area contributed by atoms with Gasteiger partial charge in [0.2, 0.25) is 0 Å². The van der Waals surface area contributed by atoms with E-state index in [1.165, 1.54) is 128 Å². The van der Waals surface area contributed by atoms with E-state index in [1.54, 1.807) is 0 Å². The molecule has 0 radical (unpaired) electrons. The molecule has 0 aliphatic carbocycles. The number of rotatable bonds is 19. The third-order valence-corrected chi connectivity index (χ3v) is 6.05. The Labute approximate surface area is 176 Å². The predicted molar refractivity (Wildman–Crippen MR) is 126 cm³/mol. The van der Waals surface area contributed by atoms with E-state index in [9.17, 15) is 0 Å². The average molecular weight is 391 g/mol. The van der Waals surface area contributed by atoms with Gasteiger partial charge in [0.05, 0.1) is 0 Å². The third-order valence-electron chi connectivity index (χ3n) is 5.76. The monoisotopic (exact) mass is 390 g/mol. The van der Waals surface area contributed by atoms with Gasteiger partial charge in [0.25, 0.3) is 0 Å². The summed E-state index contributed by atoms with van der Waals surface area (Å²) in [4.78, 5) is 1.07. The molecule has 1 aromatic rings. The van der Waals surface area contributed by atoms with Gasteiger partial charge in [-0.3, -0.25) is 0 Å². The first-order valence-corrected chi connectivity index (χ1v) is 12.6. The van der Waals surface area contributed by atoms with Crippen molar-refractivity contribution in [3.05, 3.63) is 29.8 Å². The molecule has 1 heteroatoms. The van der Waals surface area contributed by atoms with Crippen molar-refractivity contribution in [2.75, 3.05) is 0 Å². The molecule has 0 aliphatic heterocycles. The Balaban J connectivity index is 1.71. The Morgan fingerprint density at radius 2 is 0.815 bits per heavy atom. The van der Waals surface area contributed by atoms with Gasteiger partial charge < -0.3 is 0 Å². The first kappa shape index (κ1) is 24.6. The first-order chi connectivity index (χ1) is 13.3. The van der Waals surface area contributed by atoms with E-state index in [1.807, 2.05) is 0 Å². The standard InChI is InChI=1S/C26H46S/c1-2-3-4-5-6-7-8-9-10-11-12-13-14-15-16-17-18-19-20-25-21-23-26(27)24-22-25/h21-24,27H,2-20H2,1H3. The lowest BCUT2D eigenvalue weighted by Crippen LogP contribution is -1.86. The third kappa shape index (κ3) is 16.2. The molecule has 0 aliphatic rings. The van der Waals surface area contributed by atoms with Crippen LogP contribution in [-0.2, 0) is 6.42 Å². The van der Waals surface area contributed by atoms with Gasteiger partial charge in [-0.15, -0.1) is 12.6 Å². The molecule has 0 fully saturated rings. The molecule has 0 spiro atoms. The molecule has 0 heterocycles. The van der Waals surface area contributed by atoms with Gasteiger partial charge in [-0.2, -0.15) is 0 Å². The summed E-state index contributed by atoms with van der Waals surface area (Å²) in [5, 5.41) is 0. The van der Waals surface area contributed by atoms with Crippen LogP contribution in [0.1, 0.15) is 128 Å². The molecule has 0 saturated heterocycles. The highest BCUT2D eigenvalue weighted by atomic mass is 32.1. The fourth-order valence-corrected chi connectivity index (χ4v) is 4.04. The second kappa shape index (κ2) is 18.9. The van der Waals surface area contributed by atoms with Gasteiger partial charge in [0.1, 0.15) is 0 Å². The van der Waals surface area contributed by atoms with Gasteiger partial charge >= 0.3 is 0 Å². The maximum Gasteiger partial charge on any atom is 0.00401 e. The minimum Gasteiger partial charge on any atom is -0.143 e. The van der Waals surface area contributed by atoms with Crippen LogP contribution < -0.4 is 0 Å². The van der Waals surface area contributed by atoms with Gasteiger partial charge in [-0.25, -0.2) is 0 Å². The highest BCUT2D eigenvalue weighted by Gasteiger charge is 1.96.